The van der Waals surface area contributed by atoms with Crippen LogP contribution in [-0.2, 0) is 6.42 Å². The molecule has 13 heavy (non-hydrogen) atoms. The van der Waals surface area contributed by atoms with Gasteiger partial charge in [-0.2, -0.15) is 0 Å². The molecule has 0 aliphatic heterocycles. The van der Waals surface area contributed by atoms with E-state index in [2.05, 4.69) is 25.4 Å². The summed E-state index contributed by atoms with van der Waals surface area (Å²) >= 11 is 0. The van der Waals surface area contributed by atoms with Gasteiger partial charge < -0.3 is 10.1 Å². The summed E-state index contributed by atoms with van der Waals surface area (Å²) in [6, 6.07) is 0. The first kappa shape index (κ1) is 8.94. The summed E-state index contributed by atoms with van der Waals surface area (Å²) in [5.74, 6) is -0.326. The molecule has 9 heteroatoms. The Kier molecular flexibility index (Phi) is 2.77. The van der Waals surface area contributed by atoms with Crippen LogP contribution in [0.25, 0.3) is 10.4 Å². The number of nitro groups is 1. The number of rotatable bonds is 4. The Balaban J connectivity index is 2.70. The third kappa shape index (κ3) is 2.14. The summed E-state index contributed by atoms with van der Waals surface area (Å²) in [5.41, 5.74) is 8.22. The molecule has 0 bridgehead atoms. The minimum atomic E-state index is -0.644. The highest BCUT2D eigenvalue weighted by Gasteiger charge is 2.17. The molecule has 68 valence electrons. The molecule has 0 unspecified atom stereocenters. The number of nitrogens with one attached hydrogen (secondary N) is 1. The van der Waals surface area contributed by atoms with Crippen LogP contribution in [0.3, 0.4) is 0 Å². The van der Waals surface area contributed by atoms with Gasteiger partial charge in [-0.1, -0.05) is 5.11 Å². The van der Waals surface area contributed by atoms with E-state index in [0.717, 1.165) is 0 Å². The molecule has 1 rings (SSSR count). The lowest BCUT2D eigenvalue weighted by Gasteiger charge is -1.90. The van der Waals surface area contributed by atoms with Crippen LogP contribution in [0.4, 0.5) is 5.82 Å². The molecule has 0 spiro atoms. The fourth-order valence-corrected chi connectivity index (χ4v) is 0.764. The molecule has 0 aromatic carbocycles. The summed E-state index contributed by atoms with van der Waals surface area (Å²) < 4.78 is 0. The summed E-state index contributed by atoms with van der Waals surface area (Å²) in [7, 11) is 0. The minimum absolute atomic E-state index is 0.140. The van der Waals surface area contributed by atoms with Gasteiger partial charge in [-0.25, -0.2) is 5.10 Å². The van der Waals surface area contributed by atoms with E-state index in [1.54, 1.807) is 0 Å². The number of hydrogen-bond donors (Lipinski definition) is 1. The van der Waals surface area contributed by atoms with Crippen LogP contribution < -0.4 is 0 Å². The first-order chi connectivity index (χ1) is 6.25. The van der Waals surface area contributed by atoms with Gasteiger partial charge in [0.15, 0.2) is 0 Å². The van der Waals surface area contributed by atoms with Crippen molar-refractivity contribution in [3.63, 3.8) is 0 Å². The zero-order valence-electron chi connectivity index (χ0n) is 6.41. The zero-order valence-corrected chi connectivity index (χ0v) is 6.41. The predicted octanol–water partition coefficient (Wildman–Crippen LogP) is 0.566. The maximum atomic E-state index is 10.3. The number of azide groups is 1. The van der Waals surface area contributed by atoms with Crippen molar-refractivity contribution in [1.82, 2.24) is 15.4 Å². The molecular formula is C4H5N7O2. The number of H-pyrrole nitrogens is 1. The van der Waals surface area contributed by atoms with E-state index in [9.17, 15) is 10.1 Å². The van der Waals surface area contributed by atoms with E-state index in [4.69, 9.17) is 5.53 Å². The lowest BCUT2D eigenvalue weighted by molar-refractivity contribution is -0.390. The van der Waals surface area contributed by atoms with Gasteiger partial charge in [0.25, 0.3) is 0 Å². The third-order valence-corrected chi connectivity index (χ3v) is 1.30. The van der Waals surface area contributed by atoms with Crippen molar-refractivity contribution in [2.75, 3.05) is 6.54 Å². The van der Waals surface area contributed by atoms with E-state index in [-0.39, 0.29) is 24.5 Å². The Hall–Kier alpha value is -2.15. The molecule has 1 aromatic rings. The van der Waals surface area contributed by atoms with Crippen molar-refractivity contribution < 1.29 is 4.92 Å². The smallest absolute Gasteiger partial charge is 0.358 e. The van der Waals surface area contributed by atoms with Crippen molar-refractivity contribution in [1.29, 1.82) is 0 Å². The molecule has 1 N–H and O–H groups in total. The molecule has 0 amide bonds. The number of nitrogens with zero attached hydrogens (tertiary/aromatic N) is 6. The number of aromatic amines is 1. The third-order valence-electron chi connectivity index (χ3n) is 1.30. The van der Waals surface area contributed by atoms with Crippen LogP contribution >= 0.6 is 0 Å². The van der Waals surface area contributed by atoms with E-state index in [1.165, 1.54) is 0 Å². The van der Waals surface area contributed by atoms with E-state index < -0.39 is 4.92 Å². The second-order valence-electron chi connectivity index (χ2n) is 2.08. The summed E-state index contributed by atoms with van der Waals surface area (Å²) in [5, 5.41) is 22.4. The van der Waals surface area contributed by atoms with E-state index in [0.29, 0.717) is 0 Å². The fraction of sp³-hybridized carbons (Fsp3) is 0.500. The molecule has 0 saturated heterocycles. The SMILES string of the molecule is [N-]=[N+]=NCCc1[nH]nnc1[N+](=O)[O-]. The first-order valence-corrected chi connectivity index (χ1v) is 3.31. The Morgan fingerprint density at radius 1 is 1.77 bits per heavy atom. The largest absolute Gasteiger partial charge is 0.413 e. The predicted molar refractivity (Wildman–Crippen MR) is 40.8 cm³/mol. The quantitative estimate of drug-likeness (QED) is 0.240. The molecule has 0 aliphatic rings. The van der Waals surface area contributed by atoms with Gasteiger partial charge in [-0.15, -0.1) is 0 Å². The molecule has 9 nitrogen and oxygen atoms in total. The molecule has 0 aliphatic carbocycles. The molecule has 1 heterocycles. The number of aromatic nitrogens is 3. The highest BCUT2D eigenvalue weighted by molar-refractivity contribution is 5.23. The van der Waals surface area contributed by atoms with Crippen LogP contribution in [0.2, 0.25) is 0 Å². The monoisotopic (exact) mass is 183 g/mol. The van der Waals surface area contributed by atoms with E-state index in [1.807, 2.05) is 0 Å². The molecule has 1 aromatic heterocycles. The molecule has 0 radical (unpaired) electrons. The van der Waals surface area contributed by atoms with Crippen LogP contribution in [0.15, 0.2) is 5.11 Å². The van der Waals surface area contributed by atoms with Crippen molar-refractivity contribution in [2.45, 2.75) is 6.42 Å². The van der Waals surface area contributed by atoms with Gasteiger partial charge in [-0.3, -0.25) is 0 Å². The minimum Gasteiger partial charge on any atom is -0.358 e. The van der Waals surface area contributed by atoms with Gasteiger partial charge in [0.1, 0.15) is 10.8 Å². The van der Waals surface area contributed by atoms with Crippen molar-refractivity contribution in [3.8, 4) is 0 Å². The van der Waals surface area contributed by atoms with Gasteiger partial charge in [0.05, 0.1) is 0 Å². The average Bonchev–Trinajstić information content (AvgIpc) is 2.53. The summed E-state index contributed by atoms with van der Waals surface area (Å²) in [6.07, 6.45) is 0.230. The molecule has 0 saturated carbocycles. The van der Waals surface area contributed by atoms with Crippen LogP contribution in [0.5, 0.6) is 0 Å². The molecule has 0 fully saturated rings. The maximum Gasteiger partial charge on any atom is 0.413 e. The van der Waals surface area contributed by atoms with Gasteiger partial charge in [-0.05, 0) is 10.5 Å². The first-order valence-electron chi connectivity index (χ1n) is 3.31. The Bertz CT molecular complexity index is 351. The summed E-state index contributed by atoms with van der Waals surface area (Å²) in [6.45, 7) is 0.140. The number of hydrogen-bond acceptors (Lipinski definition) is 5. The Morgan fingerprint density at radius 2 is 2.54 bits per heavy atom. The van der Waals surface area contributed by atoms with Crippen molar-refractivity contribution in [2.24, 2.45) is 5.11 Å². The van der Waals surface area contributed by atoms with Crippen molar-refractivity contribution >= 4 is 5.82 Å². The topological polar surface area (TPSA) is 133 Å². The highest BCUT2D eigenvalue weighted by Crippen LogP contribution is 2.10. The average molecular weight is 183 g/mol. The summed E-state index contributed by atoms with van der Waals surface area (Å²) in [4.78, 5) is 12.2. The van der Waals surface area contributed by atoms with Gasteiger partial charge in [0.2, 0.25) is 0 Å². The maximum absolute atomic E-state index is 10.3. The Labute approximate surface area is 71.5 Å². The van der Waals surface area contributed by atoms with Crippen LogP contribution in [-0.4, -0.2) is 26.9 Å². The van der Waals surface area contributed by atoms with Gasteiger partial charge in [0, 0.05) is 23.1 Å². The molecule has 0 atom stereocenters. The van der Waals surface area contributed by atoms with Crippen molar-refractivity contribution in [3.05, 3.63) is 26.3 Å². The lowest BCUT2D eigenvalue weighted by atomic mass is 10.3. The molecular weight excluding hydrogens is 178 g/mol. The second kappa shape index (κ2) is 4.02. The van der Waals surface area contributed by atoms with Crippen LogP contribution in [0, 0.1) is 10.1 Å². The normalized spacial score (nSPS) is 9.23. The Morgan fingerprint density at radius 3 is 3.15 bits per heavy atom. The van der Waals surface area contributed by atoms with E-state index >= 15 is 0 Å². The van der Waals surface area contributed by atoms with Gasteiger partial charge >= 0.3 is 5.82 Å². The lowest BCUT2D eigenvalue weighted by Crippen LogP contribution is -1.96. The highest BCUT2D eigenvalue weighted by atomic mass is 16.6. The zero-order chi connectivity index (χ0) is 9.68. The second-order valence-corrected chi connectivity index (χ2v) is 2.08. The van der Waals surface area contributed by atoms with Crippen LogP contribution in [0.1, 0.15) is 5.69 Å². The fourth-order valence-electron chi connectivity index (χ4n) is 0.764. The standard InChI is InChI=1S/C4H5N7O2/c5-9-6-2-1-3-4(11(12)13)8-10-7-3/h1-2H2,(H,7,8,10).